The van der Waals surface area contributed by atoms with Crippen LogP contribution < -0.4 is 10.1 Å². The first-order valence-corrected chi connectivity index (χ1v) is 11.7. The first kappa shape index (κ1) is 20.3. The molecular weight excluding hydrogens is 414 g/mol. The van der Waals surface area contributed by atoms with Gasteiger partial charge >= 0.3 is 0 Å². The summed E-state index contributed by atoms with van der Waals surface area (Å²) in [5.41, 5.74) is 3.44. The van der Waals surface area contributed by atoms with Crippen molar-refractivity contribution in [3.63, 3.8) is 0 Å². The molecule has 0 amide bonds. The number of hydrogen-bond acceptors (Lipinski definition) is 2. The van der Waals surface area contributed by atoms with Crippen molar-refractivity contribution in [3.8, 4) is 5.75 Å². The lowest BCUT2D eigenvalue weighted by Gasteiger charge is -2.17. The summed E-state index contributed by atoms with van der Waals surface area (Å²) in [7, 11) is 0. The molecule has 0 aliphatic rings. The number of fused-ring (bicyclic) bond motifs is 4. The molecule has 6 aromatic carbocycles. The average molecular weight is 440 g/mol. The molecule has 0 fully saturated rings. The second-order valence-electron chi connectivity index (χ2n) is 8.59. The van der Waals surface area contributed by atoms with Gasteiger partial charge in [-0.05, 0) is 50.2 Å². The SMILES string of the molecule is c1ccc(COc2c(NCc3cc4ccccc4c4ccccc34)ccc3ccccc23)cc1. The Labute approximate surface area is 199 Å². The van der Waals surface area contributed by atoms with Crippen LogP contribution in [0.2, 0.25) is 0 Å². The standard InChI is InChI=1S/C32H25NO/c1-2-10-23(11-3-1)22-34-32-29-16-7-4-12-24(29)18-19-31(32)33-21-26-20-25-13-5-6-14-27(25)30-17-9-8-15-28(26)30/h1-20,33H,21-22H2. The van der Waals surface area contributed by atoms with Gasteiger partial charge in [0.2, 0.25) is 0 Å². The molecule has 6 aromatic rings. The van der Waals surface area contributed by atoms with Crippen LogP contribution in [-0.4, -0.2) is 0 Å². The summed E-state index contributed by atoms with van der Waals surface area (Å²) in [6.45, 7) is 1.24. The molecule has 0 aliphatic carbocycles. The van der Waals surface area contributed by atoms with Gasteiger partial charge in [-0.1, -0.05) is 109 Å². The van der Waals surface area contributed by atoms with Crippen molar-refractivity contribution in [2.24, 2.45) is 0 Å². The molecule has 0 saturated heterocycles. The van der Waals surface area contributed by atoms with E-state index in [4.69, 9.17) is 4.74 Å². The lowest BCUT2D eigenvalue weighted by Crippen LogP contribution is -2.04. The van der Waals surface area contributed by atoms with E-state index in [1.54, 1.807) is 0 Å². The van der Waals surface area contributed by atoms with Gasteiger partial charge in [0.15, 0.2) is 5.75 Å². The maximum Gasteiger partial charge on any atom is 0.150 e. The summed E-state index contributed by atoms with van der Waals surface area (Å²) in [6.07, 6.45) is 0. The molecular formula is C32H25NO. The van der Waals surface area contributed by atoms with Crippen LogP contribution in [0.4, 0.5) is 5.69 Å². The third-order valence-corrected chi connectivity index (χ3v) is 6.43. The van der Waals surface area contributed by atoms with Crippen molar-refractivity contribution in [1.82, 2.24) is 0 Å². The molecule has 34 heavy (non-hydrogen) atoms. The van der Waals surface area contributed by atoms with E-state index in [9.17, 15) is 0 Å². The molecule has 0 radical (unpaired) electrons. The van der Waals surface area contributed by atoms with Crippen molar-refractivity contribution >= 4 is 38.0 Å². The van der Waals surface area contributed by atoms with Crippen LogP contribution >= 0.6 is 0 Å². The van der Waals surface area contributed by atoms with Crippen molar-refractivity contribution in [1.29, 1.82) is 0 Å². The predicted molar refractivity (Wildman–Crippen MR) is 144 cm³/mol. The Bertz CT molecular complexity index is 1600. The quantitative estimate of drug-likeness (QED) is 0.263. The molecule has 1 N–H and O–H groups in total. The van der Waals surface area contributed by atoms with Crippen LogP contribution in [0.1, 0.15) is 11.1 Å². The Morgan fingerprint density at radius 1 is 0.529 bits per heavy atom. The maximum absolute atomic E-state index is 6.42. The van der Waals surface area contributed by atoms with Gasteiger partial charge in [-0.2, -0.15) is 0 Å². The van der Waals surface area contributed by atoms with Gasteiger partial charge in [0, 0.05) is 11.9 Å². The molecule has 0 saturated carbocycles. The van der Waals surface area contributed by atoms with Gasteiger partial charge in [-0.15, -0.1) is 0 Å². The second-order valence-corrected chi connectivity index (χ2v) is 8.59. The smallest absolute Gasteiger partial charge is 0.150 e. The molecule has 2 nitrogen and oxygen atoms in total. The Kier molecular flexibility index (Phi) is 5.33. The van der Waals surface area contributed by atoms with Crippen molar-refractivity contribution < 1.29 is 4.74 Å². The largest absolute Gasteiger partial charge is 0.486 e. The van der Waals surface area contributed by atoms with E-state index in [0.29, 0.717) is 13.2 Å². The van der Waals surface area contributed by atoms with E-state index >= 15 is 0 Å². The zero-order chi connectivity index (χ0) is 22.7. The number of hydrogen-bond donors (Lipinski definition) is 1. The van der Waals surface area contributed by atoms with E-state index in [1.165, 1.54) is 32.5 Å². The lowest BCUT2D eigenvalue weighted by atomic mass is 9.97. The highest BCUT2D eigenvalue weighted by molar-refractivity contribution is 6.09. The summed E-state index contributed by atoms with van der Waals surface area (Å²) in [5, 5.41) is 11.1. The van der Waals surface area contributed by atoms with Crippen LogP contribution in [0, 0.1) is 0 Å². The van der Waals surface area contributed by atoms with E-state index < -0.39 is 0 Å². The molecule has 2 heteroatoms. The first-order chi connectivity index (χ1) is 16.9. The van der Waals surface area contributed by atoms with Gasteiger partial charge in [0.25, 0.3) is 0 Å². The minimum atomic E-state index is 0.530. The minimum absolute atomic E-state index is 0.530. The summed E-state index contributed by atoms with van der Waals surface area (Å²) >= 11 is 0. The van der Waals surface area contributed by atoms with E-state index in [-0.39, 0.29) is 0 Å². The molecule has 0 atom stereocenters. The minimum Gasteiger partial charge on any atom is -0.486 e. The van der Waals surface area contributed by atoms with Crippen molar-refractivity contribution in [2.75, 3.05) is 5.32 Å². The highest BCUT2D eigenvalue weighted by Crippen LogP contribution is 2.36. The zero-order valence-electron chi connectivity index (χ0n) is 18.9. The van der Waals surface area contributed by atoms with Crippen LogP contribution in [0.3, 0.4) is 0 Å². The fraction of sp³-hybridized carbons (Fsp3) is 0.0625. The van der Waals surface area contributed by atoms with Crippen LogP contribution in [0.5, 0.6) is 5.75 Å². The zero-order valence-corrected chi connectivity index (χ0v) is 18.9. The van der Waals surface area contributed by atoms with Crippen molar-refractivity contribution in [3.05, 3.63) is 132 Å². The topological polar surface area (TPSA) is 21.3 Å². The molecule has 0 spiro atoms. The van der Waals surface area contributed by atoms with Crippen LogP contribution in [0.25, 0.3) is 32.3 Å². The fourth-order valence-electron chi connectivity index (χ4n) is 4.74. The molecule has 0 unspecified atom stereocenters. The number of rotatable bonds is 6. The number of anilines is 1. The number of nitrogens with one attached hydrogen (secondary N) is 1. The molecule has 0 heterocycles. The summed E-state index contributed by atoms with van der Waals surface area (Å²) in [4.78, 5) is 0. The number of benzene rings is 6. The van der Waals surface area contributed by atoms with Gasteiger partial charge in [-0.3, -0.25) is 0 Å². The van der Waals surface area contributed by atoms with Crippen LogP contribution in [-0.2, 0) is 13.2 Å². The Morgan fingerprint density at radius 3 is 2.00 bits per heavy atom. The van der Waals surface area contributed by atoms with Gasteiger partial charge in [-0.25, -0.2) is 0 Å². The Morgan fingerprint density at radius 2 is 1.18 bits per heavy atom. The van der Waals surface area contributed by atoms with Crippen LogP contribution in [0.15, 0.2) is 121 Å². The van der Waals surface area contributed by atoms with Gasteiger partial charge in [0.05, 0.1) is 5.69 Å². The fourth-order valence-corrected chi connectivity index (χ4v) is 4.74. The molecule has 0 aromatic heterocycles. The molecule has 0 bridgehead atoms. The highest BCUT2D eigenvalue weighted by Gasteiger charge is 2.11. The first-order valence-electron chi connectivity index (χ1n) is 11.7. The normalized spacial score (nSPS) is 11.2. The molecule has 6 rings (SSSR count). The molecule has 164 valence electrons. The molecule has 0 aliphatic heterocycles. The third-order valence-electron chi connectivity index (χ3n) is 6.43. The lowest BCUT2D eigenvalue weighted by molar-refractivity contribution is 0.311. The Balaban J connectivity index is 1.38. The monoisotopic (exact) mass is 439 g/mol. The van der Waals surface area contributed by atoms with Gasteiger partial charge in [0.1, 0.15) is 6.61 Å². The van der Waals surface area contributed by atoms with Crippen molar-refractivity contribution in [2.45, 2.75) is 13.2 Å². The van der Waals surface area contributed by atoms with E-state index in [2.05, 4.69) is 108 Å². The summed E-state index contributed by atoms with van der Waals surface area (Å²) < 4.78 is 6.42. The second kappa shape index (κ2) is 8.92. The summed E-state index contributed by atoms with van der Waals surface area (Å²) in [6, 6.07) is 42.6. The maximum atomic E-state index is 6.42. The third kappa shape index (κ3) is 3.84. The van der Waals surface area contributed by atoms with Gasteiger partial charge < -0.3 is 10.1 Å². The number of ether oxygens (including phenoxy) is 1. The average Bonchev–Trinajstić information content (AvgIpc) is 2.91. The Hall–Kier alpha value is -4.30. The highest BCUT2D eigenvalue weighted by atomic mass is 16.5. The summed E-state index contributed by atoms with van der Waals surface area (Å²) in [5.74, 6) is 0.895. The van der Waals surface area contributed by atoms with E-state index in [0.717, 1.165) is 22.4 Å². The predicted octanol–water partition coefficient (Wildman–Crippen LogP) is 8.34. The van der Waals surface area contributed by atoms with E-state index in [1.807, 2.05) is 18.2 Å².